The van der Waals surface area contributed by atoms with E-state index in [0.717, 1.165) is 0 Å². The molecule has 2 heteroatoms. The van der Waals surface area contributed by atoms with Gasteiger partial charge in [0.25, 0.3) is 0 Å². The fraction of sp³-hybridized carbons (Fsp3) is 0.0476. The van der Waals surface area contributed by atoms with Crippen molar-refractivity contribution in [3.05, 3.63) is 241 Å². The van der Waals surface area contributed by atoms with E-state index in [1.54, 1.807) is 0 Å². The van der Waals surface area contributed by atoms with Crippen molar-refractivity contribution in [2.24, 2.45) is 0 Å². The van der Waals surface area contributed by atoms with Gasteiger partial charge in [0.2, 0.25) is 0 Å². The lowest BCUT2D eigenvalue weighted by Crippen LogP contribution is -2.15. The zero-order chi connectivity index (χ0) is 43.2. The van der Waals surface area contributed by atoms with Crippen LogP contribution in [0, 0.1) is 0 Å². The molecule has 0 spiro atoms. The summed E-state index contributed by atoms with van der Waals surface area (Å²) in [4.78, 5) is 0. The summed E-state index contributed by atoms with van der Waals surface area (Å²) < 4.78 is 4.80. The maximum Gasteiger partial charge on any atom is 0.0541 e. The maximum absolute atomic E-state index is 2.44. The van der Waals surface area contributed by atoms with E-state index in [9.17, 15) is 0 Å². The molecule has 10 aromatic carbocycles. The van der Waals surface area contributed by atoms with E-state index >= 15 is 0 Å². The molecule has 0 amide bonds. The molecule has 0 atom stereocenters. The fourth-order valence-corrected chi connectivity index (χ4v) is 10.8. The van der Waals surface area contributed by atoms with Crippen molar-refractivity contribution in [3.8, 4) is 44.8 Å². The molecular formula is C63H44N2. The number of hydrogen-bond donors (Lipinski definition) is 0. The van der Waals surface area contributed by atoms with Crippen molar-refractivity contribution >= 4 is 66.5 Å². The largest absolute Gasteiger partial charge is 0.309 e. The van der Waals surface area contributed by atoms with E-state index < -0.39 is 0 Å². The van der Waals surface area contributed by atoms with Crippen LogP contribution in [0.1, 0.15) is 36.1 Å². The summed E-state index contributed by atoms with van der Waals surface area (Å²) in [5, 5.41) is 7.57. The minimum atomic E-state index is -0.150. The van der Waals surface area contributed by atoms with Gasteiger partial charge >= 0.3 is 0 Å². The highest BCUT2D eigenvalue weighted by Gasteiger charge is 2.36. The zero-order valence-electron chi connectivity index (χ0n) is 36.3. The molecule has 0 radical (unpaired) electrons. The van der Waals surface area contributed by atoms with Gasteiger partial charge < -0.3 is 9.13 Å². The number of hydrogen-bond acceptors (Lipinski definition) is 0. The molecule has 1 aliphatic rings. The maximum atomic E-state index is 2.44. The first-order valence-corrected chi connectivity index (χ1v) is 22.7. The van der Waals surface area contributed by atoms with Gasteiger partial charge in [-0.2, -0.15) is 0 Å². The summed E-state index contributed by atoms with van der Waals surface area (Å²) in [7, 11) is 0. The highest BCUT2D eigenvalue weighted by Crippen LogP contribution is 2.51. The van der Waals surface area contributed by atoms with Crippen LogP contribution < -0.4 is 0 Å². The number of para-hydroxylation sites is 3. The molecule has 12 aromatic rings. The SMILES string of the molecule is CC1(C)c2cc(-c3ccc(/C=C/c4ccc5c(c4)c4ccccc4n5-c4ccccc4)cc3)ccc2-c2ccc(-c3ccc4c(c3)c3ccccc3n4-c3cccc4ccccc34)cc21. The Morgan fingerprint density at radius 3 is 1.57 bits per heavy atom. The average molecular weight is 829 g/mol. The molecule has 0 aliphatic heterocycles. The van der Waals surface area contributed by atoms with Gasteiger partial charge in [0.1, 0.15) is 0 Å². The number of aromatic nitrogens is 2. The predicted octanol–water partition coefficient (Wildman–Crippen LogP) is 16.8. The van der Waals surface area contributed by atoms with Crippen molar-refractivity contribution in [2.75, 3.05) is 0 Å². The quantitative estimate of drug-likeness (QED) is 0.148. The lowest BCUT2D eigenvalue weighted by atomic mass is 9.81. The van der Waals surface area contributed by atoms with E-state index in [0.29, 0.717) is 0 Å². The zero-order valence-corrected chi connectivity index (χ0v) is 36.3. The smallest absolute Gasteiger partial charge is 0.0541 e. The molecular weight excluding hydrogens is 785 g/mol. The summed E-state index contributed by atoms with van der Waals surface area (Å²) in [6.45, 7) is 4.77. The number of nitrogens with zero attached hydrogens (tertiary/aromatic N) is 2. The van der Waals surface area contributed by atoms with Crippen LogP contribution in [0.15, 0.2) is 218 Å². The second kappa shape index (κ2) is 14.4. The molecule has 0 saturated carbocycles. The third-order valence-electron chi connectivity index (χ3n) is 14.1. The Kier molecular flexibility index (Phi) is 8.29. The van der Waals surface area contributed by atoms with E-state index in [-0.39, 0.29) is 5.41 Å². The standard InChI is InChI=1S/C63H44N2/c1-63(2)56-39-46(43-28-25-41(26-29-43)23-24-42-27-35-61-54(37-42)52-18-8-10-20-59(52)64(61)48-15-4-3-5-16-48)30-33-50(56)51-34-31-47(40-57(51)63)45-32-36-62-55(38-45)53-19-9-11-21-60(53)65(62)58-22-12-14-44-13-6-7-17-49(44)58/h3-40H,1-2H3/b24-23+. The highest BCUT2D eigenvalue weighted by molar-refractivity contribution is 6.12. The molecule has 2 heterocycles. The van der Waals surface area contributed by atoms with Crippen molar-refractivity contribution < 1.29 is 0 Å². The van der Waals surface area contributed by atoms with Crippen molar-refractivity contribution in [1.29, 1.82) is 0 Å². The molecule has 2 aromatic heterocycles. The second-order valence-electron chi connectivity index (χ2n) is 18.1. The molecule has 0 N–H and O–H groups in total. The van der Waals surface area contributed by atoms with Gasteiger partial charge in [-0.3, -0.25) is 0 Å². The van der Waals surface area contributed by atoms with E-state index in [1.807, 2.05) is 0 Å². The van der Waals surface area contributed by atoms with Crippen molar-refractivity contribution in [1.82, 2.24) is 9.13 Å². The number of rotatable bonds is 6. The van der Waals surface area contributed by atoms with Crippen LogP contribution in [0.5, 0.6) is 0 Å². The third-order valence-corrected chi connectivity index (χ3v) is 14.1. The minimum absolute atomic E-state index is 0.150. The average Bonchev–Trinajstić information content (AvgIpc) is 3.95. The molecule has 0 bridgehead atoms. The van der Waals surface area contributed by atoms with Gasteiger partial charge in [0.05, 0.1) is 27.8 Å². The number of benzene rings is 10. The van der Waals surface area contributed by atoms with Gasteiger partial charge in [0, 0.05) is 38.0 Å². The third kappa shape index (κ3) is 5.88. The van der Waals surface area contributed by atoms with Crippen LogP contribution in [0.3, 0.4) is 0 Å². The lowest BCUT2D eigenvalue weighted by molar-refractivity contribution is 0.661. The van der Waals surface area contributed by atoms with Crippen LogP contribution in [-0.4, -0.2) is 9.13 Å². The van der Waals surface area contributed by atoms with E-state index in [4.69, 9.17) is 0 Å². The summed E-state index contributed by atoms with van der Waals surface area (Å²) >= 11 is 0. The van der Waals surface area contributed by atoms with Crippen molar-refractivity contribution in [2.45, 2.75) is 19.3 Å². The molecule has 0 saturated heterocycles. The predicted molar refractivity (Wildman–Crippen MR) is 276 cm³/mol. The van der Waals surface area contributed by atoms with E-state index in [2.05, 4.69) is 254 Å². The highest BCUT2D eigenvalue weighted by atomic mass is 15.0. The summed E-state index contributed by atoms with van der Waals surface area (Å²) in [5.41, 5.74) is 19.9. The Bertz CT molecular complexity index is 3890. The Balaban J connectivity index is 0.792. The molecule has 306 valence electrons. The molecule has 0 unspecified atom stereocenters. The first kappa shape index (κ1) is 37.4. The van der Waals surface area contributed by atoms with Gasteiger partial charge in [-0.05, 0) is 128 Å². The van der Waals surface area contributed by atoms with Gasteiger partial charge in [-0.1, -0.05) is 178 Å². The summed E-state index contributed by atoms with van der Waals surface area (Å²) in [5.74, 6) is 0. The van der Waals surface area contributed by atoms with Crippen LogP contribution >= 0.6 is 0 Å². The van der Waals surface area contributed by atoms with Gasteiger partial charge in [-0.25, -0.2) is 0 Å². The Labute approximate surface area is 378 Å². The Morgan fingerprint density at radius 1 is 0.338 bits per heavy atom. The summed E-state index contributed by atoms with van der Waals surface area (Å²) in [6.07, 6.45) is 4.46. The molecule has 1 aliphatic carbocycles. The second-order valence-corrected chi connectivity index (χ2v) is 18.1. The first-order chi connectivity index (χ1) is 32.0. The molecule has 13 rings (SSSR count). The fourth-order valence-electron chi connectivity index (χ4n) is 10.8. The monoisotopic (exact) mass is 828 g/mol. The van der Waals surface area contributed by atoms with Gasteiger partial charge in [0.15, 0.2) is 0 Å². The van der Waals surface area contributed by atoms with Crippen LogP contribution in [-0.2, 0) is 5.41 Å². The summed E-state index contributed by atoms with van der Waals surface area (Å²) in [6, 6.07) is 80.5. The Hall–Kier alpha value is -8.20. The molecule has 65 heavy (non-hydrogen) atoms. The van der Waals surface area contributed by atoms with Gasteiger partial charge in [-0.15, -0.1) is 0 Å². The van der Waals surface area contributed by atoms with Crippen LogP contribution in [0.2, 0.25) is 0 Å². The van der Waals surface area contributed by atoms with Crippen LogP contribution in [0.25, 0.3) is 111 Å². The Morgan fingerprint density at radius 2 is 0.831 bits per heavy atom. The normalized spacial score (nSPS) is 13.1. The van der Waals surface area contributed by atoms with E-state index in [1.165, 1.54) is 121 Å². The van der Waals surface area contributed by atoms with Crippen LogP contribution in [0.4, 0.5) is 0 Å². The van der Waals surface area contributed by atoms with Crippen molar-refractivity contribution in [3.63, 3.8) is 0 Å². The molecule has 0 fully saturated rings. The minimum Gasteiger partial charge on any atom is -0.309 e. The lowest BCUT2D eigenvalue weighted by Gasteiger charge is -2.22. The molecule has 2 nitrogen and oxygen atoms in total. The number of fused-ring (bicyclic) bond motifs is 10. The first-order valence-electron chi connectivity index (χ1n) is 22.7. The topological polar surface area (TPSA) is 9.86 Å².